The lowest BCUT2D eigenvalue weighted by Gasteiger charge is -2.50. The third kappa shape index (κ3) is 1.73. The van der Waals surface area contributed by atoms with E-state index in [0.29, 0.717) is 36.2 Å². The van der Waals surface area contributed by atoms with Crippen LogP contribution in [0, 0.1) is 17.3 Å². The number of benzene rings is 1. The van der Waals surface area contributed by atoms with Crippen LogP contribution in [0.1, 0.15) is 49.7 Å². The second kappa shape index (κ2) is 4.33. The average Bonchev–Trinajstić information content (AvgIpc) is 2.74. The first-order valence-corrected chi connectivity index (χ1v) is 8.04. The van der Waals surface area contributed by atoms with Crippen molar-refractivity contribution in [1.82, 2.24) is 0 Å². The van der Waals surface area contributed by atoms with Crippen LogP contribution in [-0.2, 0) is 11.2 Å². The highest BCUT2D eigenvalue weighted by molar-refractivity contribution is 5.87. The van der Waals surface area contributed by atoms with Crippen molar-refractivity contribution >= 4 is 5.78 Å². The van der Waals surface area contributed by atoms with Crippen LogP contribution in [-0.4, -0.2) is 22.1 Å². The Morgan fingerprint density at radius 3 is 2.86 bits per heavy atom. The zero-order valence-corrected chi connectivity index (χ0v) is 12.4. The minimum atomic E-state index is -0.443. The number of phenolic OH excluding ortho intramolecular Hbond substituents is 1. The number of fused-ring (bicyclic) bond motifs is 5. The molecule has 3 heteroatoms. The average molecular weight is 286 g/mol. The number of ketones is 1. The maximum Gasteiger partial charge on any atom is 0.139 e. The van der Waals surface area contributed by atoms with Gasteiger partial charge in [-0.3, -0.25) is 4.79 Å². The fourth-order valence-electron chi connectivity index (χ4n) is 5.42. The first kappa shape index (κ1) is 13.3. The lowest BCUT2D eigenvalue weighted by Crippen LogP contribution is -2.48. The van der Waals surface area contributed by atoms with Crippen LogP contribution in [0.3, 0.4) is 0 Å². The third-order valence-electron chi connectivity index (χ3n) is 6.40. The summed E-state index contributed by atoms with van der Waals surface area (Å²) in [5, 5.41) is 20.4. The predicted molar refractivity (Wildman–Crippen MR) is 79.1 cm³/mol. The van der Waals surface area contributed by atoms with E-state index in [-0.39, 0.29) is 11.3 Å². The lowest BCUT2D eigenvalue weighted by molar-refractivity contribution is -0.133. The van der Waals surface area contributed by atoms with E-state index >= 15 is 0 Å². The van der Waals surface area contributed by atoms with Gasteiger partial charge in [0.1, 0.15) is 11.5 Å². The number of aromatic hydroxyl groups is 1. The van der Waals surface area contributed by atoms with Gasteiger partial charge in [0.15, 0.2) is 0 Å². The molecule has 0 aromatic heterocycles. The molecule has 0 spiro atoms. The molecule has 0 heterocycles. The van der Waals surface area contributed by atoms with Gasteiger partial charge < -0.3 is 10.2 Å². The molecular formula is C18H22O3. The summed E-state index contributed by atoms with van der Waals surface area (Å²) in [5.41, 5.74) is 2.05. The van der Waals surface area contributed by atoms with Crippen molar-refractivity contribution in [2.45, 2.75) is 51.0 Å². The minimum Gasteiger partial charge on any atom is -0.508 e. The first-order chi connectivity index (χ1) is 10.0. The summed E-state index contributed by atoms with van der Waals surface area (Å²) < 4.78 is 0. The van der Waals surface area contributed by atoms with E-state index in [2.05, 4.69) is 6.92 Å². The van der Waals surface area contributed by atoms with Crippen LogP contribution in [0.5, 0.6) is 5.75 Å². The van der Waals surface area contributed by atoms with E-state index in [0.717, 1.165) is 19.3 Å². The molecule has 0 radical (unpaired) electrons. The summed E-state index contributed by atoms with van der Waals surface area (Å²) in [4.78, 5) is 12.3. The largest absolute Gasteiger partial charge is 0.508 e. The van der Waals surface area contributed by atoms with E-state index in [1.54, 1.807) is 6.07 Å². The zero-order valence-electron chi connectivity index (χ0n) is 12.4. The monoisotopic (exact) mass is 286 g/mol. The molecule has 1 aromatic rings. The van der Waals surface area contributed by atoms with Gasteiger partial charge in [-0.15, -0.1) is 0 Å². The summed E-state index contributed by atoms with van der Waals surface area (Å²) in [5.74, 6) is 1.61. The Balaban J connectivity index is 1.78. The Bertz CT molecular complexity index is 608. The number of rotatable bonds is 0. The molecule has 21 heavy (non-hydrogen) atoms. The Morgan fingerprint density at radius 1 is 1.24 bits per heavy atom. The van der Waals surface area contributed by atoms with Crippen molar-refractivity contribution in [3.63, 3.8) is 0 Å². The Labute approximate surface area is 125 Å². The second-order valence-electron chi connectivity index (χ2n) is 7.37. The molecule has 2 fully saturated rings. The number of phenols is 1. The SMILES string of the molecule is C[C@@]12C[C@@H](O)[C@@H]3c4ccc(O)cc4CC[C@@H]3[C@@H]1CCC2=O. The highest BCUT2D eigenvalue weighted by Gasteiger charge is 2.57. The third-order valence-corrected chi connectivity index (χ3v) is 6.40. The van der Waals surface area contributed by atoms with E-state index in [1.807, 2.05) is 12.1 Å². The van der Waals surface area contributed by atoms with Gasteiger partial charge in [0, 0.05) is 17.8 Å². The number of hydrogen-bond donors (Lipinski definition) is 2. The fourth-order valence-corrected chi connectivity index (χ4v) is 5.42. The van der Waals surface area contributed by atoms with Crippen molar-refractivity contribution in [1.29, 1.82) is 0 Å². The summed E-state index contributed by atoms with van der Waals surface area (Å²) in [6.45, 7) is 2.07. The molecule has 112 valence electrons. The number of Topliss-reactive ketones (excluding diaryl/α,β-unsaturated/α-hetero) is 1. The summed E-state index contributed by atoms with van der Waals surface area (Å²) in [7, 11) is 0. The molecular weight excluding hydrogens is 264 g/mol. The van der Waals surface area contributed by atoms with Gasteiger partial charge in [0.2, 0.25) is 0 Å². The molecule has 0 bridgehead atoms. The number of aliphatic hydroxyl groups excluding tert-OH is 1. The smallest absolute Gasteiger partial charge is 0.139 e. The molecule has 5 atom stereocenters. The molecule has 2 N–H and O–H groups in total. The molecule has 0 unspecified atom stereocenters. The molecule has 3 nitrogen and oxygen atoms in total. The first-order valence-electron chi connectivity index (χ1n) is 8.04. The standard InChI is InChI=1S/C18H22O3/c1-18-9-15(20)17-12-5-3-11(19)8-10(12)2-4-13(17)14(18)6-7-16(18)21/h3,5,8,13-15,17,19-20H,2,4,6-7,9H2,1H3/t13-,14+,15-,17-,18-/m1/s1. The zero-order chi connectivity index (χ0) is 14.8. The van der Waals surface area contributed by atoms with E-state index in [1.165, 1.54) is 11.1 Å². The van der Waals surface area contributed by atoms with Gasteiger partial charge in [-0.05, 0) is 60.8 Å². The van der Waals surface area contributed by atoms with Crippen LogP contribution in [0.25, 0.3) is 0 Å². The van der Waals surface area contributed by atoms with E-state index in [9.17, 15) is 15.0 Å². The van der Waals surface area contributed by atoms with Gasteiger partial charge in [0.05, 0.1) is 6.10 Å². The molecule has 1 aromatic carbocycles. The van der Waals surface area contributed by atoms with Crippen LogP contribution < -0.4 is 0 Å². The molecule has 2 saturated carbocycles. The number of hydrogen-bond acceptors (Lipinski definition) is 3. The van der Waals surface area contributed by atoms with Crippen LogP contribution in [0.2, 0.25) is 0 Å². The molecule has 0 amide bonds. The number of carbonyl (C=O) groups is 1. The van der Waals surface area contributed by atoms with E-state index in [4.69, 9.17) is 0 Å². The molecule has 4 rings (SSSR count). The molecule has 3 aliphatic carbocycles. The van der Waals surface area contributed by atoms with Crippen molar-refractivity contribution in [2.75, 3.05) is 0 Å². The Morgan fingerprint density at radius 2 is 2.05 bits per heavy atom. The van der Waals surface area contributed by atoms with Gasteiger partial charge in [-0.1, -0.05) is 13.0 Å². The highest BCUT2D eigenvalue weighted by Crippen LogP contribution is 2.59. The quantitative estimate of drug-likeness (QED) is 0.771. The van der Waals surface area contributed by atoms with Gasteiger partial charge in [0.25, 0.3) is 0 Å². The fraction of sp³-hybridized carbons (Fsp3) is 0.611. The van der Waals surface area contributed by atoms with Crippen molar-refractivity contribution in [2.24, 2.45) is 17.3 Å². The van der Waals surface area contributed by atoms with Gasteiger partial charge >= 0.3 is 0 Å². The molecule has 3 aliphatic rings. The van der Waals surface area contributed by atoms with Crippen molar-refractivity contribution in [3.05, 3.63) is 29.3 Å². The lowest BCUT2D eigenvalue weighted by atomic mass is 9.54. The maximum atomic E-state index is 12.3. The summed E-state index contributed by atoms with van der Waals surface area (Å²) in [6.07, 6.45) is 3.78. The summed E-state index contributed by atoms with van der Waals surface area (Å²) >= 11 is 0. The molecule has 0 saturated heterocycles. The second-order valence-corrected chi connectivity index (χ2v) is 7.37. The van der Waals surface area contributed by atoms with Crippen molar-refractivity contribution < 1.29 is 15.0 Å². The minimum absolute atomic E-state index is 0.137. The van der Waals surface area contributed by atoms with E-state index < -0.39 is 6.10 Å². The normalized spacial score (nSPS) is 41.3. The maximum absolute atomic E-state index is 12.3. The van der Waals surface area contributed by atoms with Gasteiger partial charge in [-0.2, -0.15) is 0 Å². The van der Waals surface area contributed by atoms with Crippen molar-refractivity contribution in [3.8, 4) is 5.75 Å². The number of aryl methyl sites for hydroxylation is 1. The summed E-state index contributed by atoms with van der Waals surface area (Å²) in [6, 6.07) is 5.54. The topological polar surface area (TPSA) is 57.5 Å². The van der Waals surface area contributed by atoms with Gasteiger partial charge in [-0.25, -0.2) is 0 Å². The number of aliphatic hydroxyl groups is 1. The number of carbonyl (C=O) groups excluding carboxylic acids is 1. The van der Waals surface area contributed by atoms with Crippen LogP contribution in [0.15, 0.2) is 18.2 Å². The van der Waals surface area contributed by atoms with Crippen LogP contribution in [0.4, 0.5) is 0 Å². The highest BCUT2D eigenvalue weighted by atomic mass is 16.3. The van der Waals surface area contributed by atoms with Crippen LogP contribution >= 0.6 is 0 Å². The Hall–Kier alpha value is -1.35. The molecule has 0 aliphatic heterocycles. The predicted octanol–water partition coefficient (Wildman–Crippen LogP) is 2.79. The Kier molecular flexibility index (Phi) is 2.74.